The number of pyridine rings is 1. The summed E-state index contributed by atoms with van der Waals surface area (Å²) in [7, 11) is -3.42. The summed E-state index contributed by atoms with van der Waals surface area (Å²) in [4.78, 5) is 4.63. The number of nitrogens with one attached hydrogen (secondary N) is 1. The highest BCUT2D eigenvalue weighted by Gasteiger charge is 2.33. The van der Waals surface area contributed by atoms with Crippen molar-refractivity contribution in [1.82, 2.24) is 9.29 Å². The predicted molar refractivity (Wildman–Crippen MR) is 103 cm³/mol. The van der Waals surface area contributed by atoms with Crippen molar-refractivity contribution in [2.45, 2.75) is 36.6 Å². The Kier molecular flexibility index (Phi) is 4.90. The van der Waals surface area contributed by atoms with Gasteiger partial charge in [0.2, 0.25) is 10.0 Å². The molecule has 1 aliphatic heterocycles. The minimum atomic E-state index is -3.42. The number of anilines is 1. The largest absolute Gasteiger partial charge is 0.363 e. The van der Waals surface area contributed by atoms with E-state index in [2.05, 4.69) is 10.3 Å². The maximum atomic E-state index is 12.6. The molecular weight excluding hydrogens is 370 g/mol. The van der Waals surface area contributed by atoms with Gasteiger partial charge in [-0.25, -0.2) is 13.4 Å². The van der Waals surface area contributed by atoms with Crippen LogP contribution in [0.1, 0.15) is 37.3 Å². The van der Waals surface area contributed by atoms with Crippen molar-refractivity contribution < 1.29 is 8.42 Å². The summed E-state index contributed by atoms with van der Waals surface area (Å²) in [6, 6.07) is 11.4. The van der Waals surface area contributed by atoms with Gasteiger partial charge in [0.25, 0.3) is 0 Å². The van der Waals surface area contributed by atoms with Crippen LogP contribution in [0.15, 0.2) is 47.5 Å². The molecule has 2 aromatic rings. The third-order valence-electron chi connectivity index (χ3n) is 5.07. The molecular formula is C19H22ClN3O2S. The van der Waals surface area contributed by atoms with Crippen LogP contribution in [0.2, 0.25) is 5.02 Å². The summed E-state index contributed by atoms with van der Waals surface area (Å²) in [5, 5.41) is 4.18. The lowest BCUT2D eigenvalue weighted by atomic mass is 10.0. The fourth-order valence-electron chi connectivity index (χ4n) is 3.43. The minimum absolute atomic E-state index is 0.167. The van der Waals surface area contributed by atoms with Crippen LogP contribution in [-0.2, 0) is 10.0 Å². The van der Waals surface area contributed by atoms with E-state index in [1.165, 1.54) is 28.9 Å². The van der Waals surface area contributed by atoms with Gasteiger partial charge in [-0.1, -0.05) is 23.7 Å². The Balaban J connectivity index is 1.52. The molecule has 0 radical (unpaired) electrons. The number of benzene rings is 1. The molecule has 1 N–H and O–H groups in total. The van der Waals surface area contributed by atoms with Crippen molar-refractivity contribution in [3.63, 3.8) is 0 Å². The van der Waals surface area contributed by atoms with E-state index in [0.717, 1.165) is 17.9 Å². The maximum Gasteiger partial charge on any atom is 0.244 e. The lowest BCUT2D eigenvalue weighted by Gasteiger charge is -2.20. The van der Waals surface area contributed by atoms with E-state index in [0.29, 0.717) is 24.8 Å². The Morgan fingerprint density at radius 1 is 1.08 bits per heavy atom. The highest BCUT2D eigenvalue weighted by atomic mass is 35.5. The first-order chi connectivity index (χ1) is 12.5. The number of hydrogen-bond acceptors (Lipinski definition) is 4. The quantitative estimate of drug-likeness (QED) is 0.805. The molecule has 7 heteroatoms. The minimum Gasteiger partial charge on any atom is -0.363 e. The lowest BCUT2D eigenvalue weighted by molar-refractivity contribution is 0.477. The van der Waals surface area contributed by atoms with Gasteiger partial charge in [-0.2, -0.15) is 4.31 Å². The molecule has 26 heavy (non-hydrogen) atoms. The third kappa shape index (κ3) is 3.72. The summed E-state index contributed by atoms with van der Waals surface area (Å²) < 4.78 is 26.7. The first kappa shape index (κ1) is 17.8. The van der Waals surface area contributed by atoms with Crippen LogP contribution in [0.3, 0.4) is 0 Å². The number of aromatic nitrogens is 1. The second kappa shape index (κ2) is 7.18. The van der Waals surface area contributed by atoms with E-state index >= 15 is 0 Å². The van der Waals surface area contributed by atoms with Gasteiger partial charge in [0.1, 0.15) is 10.7 Å². The summed E-state index contributed by atoms with van der Waals surface area (Å²) in [5.74, 6) is 1.27. The molecule has 2 aliphatic rings. The Morgan fingerprint density at radius 2 is 1.77 bits per heavy atom. The Bertz CT molecular complexity index is 859. The summed E-state index contributed by atoms with van der Waals surface area (Å²) >= 11 is 5.99. The van der Waals surface area contributed by atoms with Crippen molar-refractivity contribution in [3.8, 4) is 0 Å². The monoisotopic (exact) mass is 391 g/mol. The van der Waals surface area contributed by atoms with Gasteiger partial charge in [0.05, 0.1) is 6.04 Å². The first-order valence-electron chi connectivity index (χ1n) is 9.02. The molecule has 1 aromatic carbocycles. The second-order valence-corrected chi connectivity index (χ2v) is 9.38. The predicted octanol–water partition coefficient (Wildman–Crippen LogP) is 4.08. The molecule has 0 spiro atoms. The third-order valence-corrected chi connectivity index (χ3v) is 7.20. The SMILES string of the molecule is O=S(=O)(c1ccc(N[C@H](c2ccc(Cl)cc2)C2CC2)nc1)N1CCCC1. The van der Waals surface area contributed by atoms with Crippen molar-refractivity contribution >= 4 is 27.4 Å². The van der Waals surface area contributed by atoms with Gasteiger partial charge < -0.3 is 5.32 Å². The summed E-state index contributed by atoms with van der Waals surface area (Å²) in [6.07, 6.45) is 5.68. The van der Waals surface area contributed by atoms with Gasteiger partial charge in [-0.05, 0) is 61.4 Å². The fourth-order valence-corrected chi connectivity index (χ4v) is 5.02. The van der Waals surface area contributed by atoms with Crippen LogP contribution in [-0.4, -0.2) is 30.8 Å². The molecule has 1 aliphatic carbocycles. The smallest absolute Gasteiger partial charge is 0.244 e. The first-order valence-corrected chi connectivity index (χ1v) is 10.8. The Labute approximate surface area is 159 Å². The fraction of sp³-hybridized carbons (Fsp3) is 0.421. The molecule has 4 rings (SSSR count). The van der Waals surface area contributed by atoms with E-state index in [1.807, 2.05) is 24.3 Å². The number of hydrogen-bond donors (Lipinski definition) is 1. The molecule has 2 heterocycles. The van der Waals surface area contributed by atoms with Gasteiger partial charge in [0, 0.05) is 24.3 Å². The van der Waals surface area contributed by atoms with Crippen molar-refractivity contribution in [2.75, 3.05) is 18.4 Å². The van der Waals surface area contributed by atoms with Gasteiger partial charge in [-0.3, -0.25) is 0 Å². The summed E-state index contributed by atoms with van der Waals surface area (Å²) in [5.41, 5.74) is 1.17. The van der Waals surface area contributed by atoms with Crippen LogP contribution in [0.25, 0.3) is 0 Å². The van der Waals surface area contributed by atoms with Crippen molar-refractivity contribution in [3.05, 3.63) is 53.2 Å². The van der Waals surface area contributed by atoms with Crippen LogP contribution in [0.5, 0.6) is 0 Å². The van der Waals surface area contributed by atoms with E-state index in [-0.39, 0.29) is 10.9 Å². The zero-order valence-electron chi connectivity index (χ0n) is 14.4. The van der Waals surface area contributed by atoms with Crippen LogP contribution in [0, 0.1) is 5.92 Å². The van der Waals surface area contributed by atoms with Crippen LogP contribution < -0.4 is 5.32 Å². The van der Waals surface area contributed by atoms with E-state index in [4.69, 9.17) is 11.6 Å². The lowest BCUT2D eigenvalue weighted by Crippen LogP contribution is -2.28. The average Bonchev–Trinajstić information content (AvgIpc) is 3.33. The molecule has 0 amide bonds. The van der Waals surface area contributed by atoms with Crippen molar-refractivity contribution in [2.24, 2.45) is 5.92 Å². The molecule has 0 unspecified atom stereocenters. The maximum absolute atomic E-state index is 12.6. The molecule has 1 aromatic heterocycles. The number of nitrogens with zero attached hydrogens (tertiary/aromatic N) is 2. The molecule has 1 atom stereocenters. The molecule has 0 bridgehead atoms. The highest BCUT2D eigenvalue weighted by molar-refractivity contribution is 7.89. The van der Waals surface area contributed by atoms with E-state index in [1.54, 1.807) is 12.1 Å². The van der Waals surface area contributed by atoms with Gasteiger partial charge >= 0.3 is 0 Å². The van der Waals surface area contributed by atoms with Gasteiger partial charge in [0.15, 0.2) is 0 Å². The normalized spacial score (nSPS) is 19.4. The van der Waals surface area contributed by atoms with Gasteiger partial charge in [-0.15, -0.1) is 0 Å². The van der Waals surface area contributed by atoms with Crippen molar-refractivity contribution in [1.29, 1.82) is 0 Å². The number of halogens is 1. The van der Waals surface area contributed by atoms with E-state index in [9.17, 15) is 8.42 Å². The molecule has 138 valence electrons. The zero-order chi connectivity index (χ0) is 18.1. The van der Waals surface area contributed by atoms with Crippen LogP contribution >= 0.6 is 11.6 Å². The topological polar surface area (TPSA) is 62.3 Å². The standard InChI is InChI=1S/C19H22ClN3O2S/c20-16-7-5-15(6-8-16)19(14-3-4-14)22-18-10-9-17(13-21-18)26(24,25)23-11-1-2-12-23/h5-10,13-14,19H,1-4,11-12H2,(H,21,22)/t19-/m0/s1. The van der Waals surface area contributed by atoms with E-state index < -0.39 is 10.0 Å². The summed E-state index contributed by atoms with van der Waals surface area (Å²) in [6.45, 7) is 1.20. The average molecular weight is 392 g/mol. The molecule has 1 saturated carbocycles. The molecule has 2 fully saturated rings. The Morgan fingerprint density at radius 3 is 2.35 bits per heavy atom. The molecule has 1 saturated heterocycles. The van der Waals surface area contributed by atoms with Crippen LogP contribution in [0.4, 0.5) is 5.82 Å². The molecule has 5 nitrogen and oxygen atoms in total. The zero-order valence-corrected chi connectivity index (χ0v) is 16.0. The number of sulfonamides is 1. The Hall–Kier alpha value is -1.63. The second-order valence-electron chi connectivity index (χ2n) is 7.00. The number of rotatable bonds is 6. The highest BCUT2D eigenvalue weighted by Crippen LogP contribution is 2.42.